The molecule has 3 nitrogen and oxygen atoms in total. The highest BCUT2D eigenvalue weighted by Crippen LogP contribution is 2.24. The van der Waals surface area contributed by atoms with Gasteiger partial charge >= 0.3 is 0 Å². The highest BCUT2D eigenvalue weighted by molar-refractivity contribution is 7.99. The van der Waals surface area contributed by atoms with Crippen molar-refractivity contribution in [2.24, 2.45) is 0 Å². The average molecular weight is 304 g/mol. The molecular formula is C14H26ClN3S. The third kappa shape index (κ3) is 4.69. The Hall–Kier alpha value is -0.190. The summed E-state index contributed by atoms with van der Waals surface area (Å²) in [5, 5.41) is 9.49. The van der Waals surface area contributed by atoms with Crippen LogP contribution in [0.2, 0.25) is 5.02 Å². The Morgan fingerprint density at radius 1 is 1.37 bits per heavy atom. The van der Waals surface area contributed by atoms with Crippen molar-refractivity contribution in [2.75, 3.05) is 12.8 Å². The molecule has 1 aromatic rings. The molecule has 0 fully saturated rings. The van der Waals surface area contributed by atoms with E-state index in [2.05, 4.69) is 38.1 Å². The second-order valence-corrected chi connectivity index (χ2v) is 6.94. The molecule has 19 heavy (non-hydrogen) atoms. The number of hydrogen-bond donors (Lipinski definition) is 1. The number of nitrogens with zero attached hydrogens (tertiary/aromatic N) is 2. The van der Waals surface area contributed by atoms with Crippen LogP contribution in [0.3, 0.4) is 0 Å². The van der Waals surface area contributed by atoms with E-state index in [1.54, 1.807) is 0 Å². The summed E-state index contributed by atoms with van der Waals surface area (Å²) in [6.45, 7) is 9.56. The van der Waals surface area contributed by atoms with Gasteiger partial charge in [0.05, 0.1) is 16.4 Å². The van der Waals surface area contributed by atoms with Crippen LogP contribution in [0.1, 0.15) is 39.1 Å². The van der Waals surface area contributed by atoms with E-state index in [1.807, 2.05) is 23.5 Å². The molecule has 0 spiro atoms. The van der Waals surface area contributed by atoms with Crippen molar-refractivity contribution in [3.05, 3.63) is 16.4 Å². The molecule has 0 aromatic carbocycles. The zero-order valence-electron chi connectivity index (χ0n) is 12.7. The minimum Gasteiger partial charge on any atom is -0.316 e. The van der Waals surface area contributed by atoms with Gasteiger partial charge in [-0.2, -0.15) is 16.9 Å². The van der Waals surface area contributed by atoms with Gasteiger partial charge in [-0.3, -0.25) is 4.68 Å². The standard InChI is InChI=1S/C14H26ClN3S/c1-6-12-14(15)13(18(7-2)17-12)8-11(16-5)9-19-10(3)4/h10-11,16H,6-9H2,1-5H3. The van der Waals surface area contributed by atoms with Crippen LogP contribution in [-0.4, -0.2) is 33.9 Å². The van der Waals surface area contributed by atoms with E-state index in [0.717, 1.165) is 35.9 Å². The summed E-state index contributed by atoms with van der Waals surface area (Å²) in [5.74, 6) is 1.10. The monoisotopic (exact) mass is 303 g/mol. The van der Waals surface area contributed by atoms with Crippen LogP contribution in [0.4, 0.5) is 0 Å². The summed E-state index contributed by atoms with van der Waals surface area (Å²) in [5.41, 5.74) is 2.19. The maximum atomic E-state index is 6.45. The lowest BCUT2D eigenvalue weighted by Gasteiger charge is -2.18. The fourth-order valence-corrected chi connectivity index (χ4v) is 3.25. The third-order valence-corrected chi connectivity index (χ3v) is 4.87. The second-order valence-electron chi connectivity index (χ2n) is 4.95. The first kappa shape index (κ1) is 16.9. The molecule has 1 N–H and O–H groups in total. The summed E-state index contributed by atoms with van der Waals surface area (Å²) in [6.07, 6.45) is 1.83. The van der Waals surface area contributed by atoms with E-state index in [1.165, 1.54) is 5.69 Å². The van der Waals surface area contributed by atoms with Gasteiger partial charge < -0.3 is 5.32 Å². The van der Waals surface area contributed by atoms with Crippen LogP contribution in [-0.2, 0) is 19.4 Å². The van der Waals surface area contributed by atoms with Crippen molar-refractivity contribution >= 4 is 23.4 Å². The minimum absolute atomic E-state index is 0.441. The fraction of sp³-hybridized carbons (Fsp3) is 0.786. The molecule has 0 aliphatic heterocycles. The Kier molecular flexibility index (Phi) is 7.26. The van der Waals surface area contributed by atoms with Crippen LogP contribution in [0, 0.1) is 0 Å². The van der Waals surface area contributed by atoms with E-state index >= 15 is 0 Å². The molecule has 0 saturated carbocycles. The average Bonchev–Trinajstić information content (AvgIpc) is 2.70. The summed E-state index contributed by atoms with van der Waals surface area (Å²) in [4.78, 5) is 0. The van der Waals surface area contributed by atoms with E-state index in [9.17, 15) is 0 Å². The predicted molar refractivity (Wildman–Crippen MR) is 86.4 cm³/mol. The van der Waals surface area contributed by atoms with Crippen LogP contribution < -0.4 is 5.32 Å². The maximum absolute atomic E-state index is 6.45. The van der Waals surface area contributed by atoms with E-state index in [0.29, 0.717) is 11.3 Å². The lowest BCUT2D eigenvalue weighted by atomic mass is 10.1. The number of hydrogen-bond acceptors (Lipinski definition) is 3. The number of aromatic nitrogens is 2. The van der Waals surface area contributed by atoms with Crippen molar-refractivity contribution in [1.29, 1.82) is 0 Å². The second kappa shape index (κ2) is 8.18. The van der Waals surface area contributed by atoms with Crippen molar-refractivity contribution in [1.82, 2.24) is 15.1 Å². The van der Waals surface area contributed by atoms with Gasteiger partial charge in [-0.1, -0.05) is 32.4 Å². The van der Waals surface area contributed by atoms with Gasteiger partial charge in [0.1, 0.15) is 0 Å². The Morgan fingerprint density at radius 3 is 2.53 bits per heavy atom. The van der Waals surface area contributed by atoms with Gasteiger partial charge in [-0.15, -0.1) is 0 Å². The number of nitrogens with one attached hydrogen (secondary N) is 1. The van der Waals surface area contributed by atoms with Gasteiger partial charge in [0.25, 0.3) is 0 Å². The Bertz CT molecular complexity index is 390. The van der Waals surface area contributed by atoms with Crippen LogP contribution in [0.5, 0.6) is 0 Å². The molecule has 0 aliphatic carbocycles. The molecule has 0 amide bonds. The van der Waals surface area contributed by atoms with Crippen molar-refractivity contribution in [3.63, 3.8) is 0 Å². The highest BCUT2D eigenvalue weighted by Gasteiger charge is 2.18. The summed E-state index contributed by atoms with van der Waals surface area (Å²) < 4.78 is 2.05. The highest BCUT2D eigenvalue weighted by atomic mass is 35.5. The van der Waals surface area contributed by atoms with Crippen molar-refractivity contribution in [3.8, 4) is 0 Å². The lowest BCUT2D eigenvalue weighted by molar-refractivity contribution is 0.555. The molecule has 0 saturated heterocycles. The topological polar surface area (TPSA) is 29.9 Å². The van der Waals surface area contributed by atoms with Gasteiger partial charge in [0.2, 0.25) is 0 Å². The van der Waals surface area contributed by atoms with Gasteiger partial charge in [-0.05, 0) is 25.6 Å². The zero-order valence-corrected chi connectivity index (χ0v) is 14.2. The van der Waals surface area contributed by atoms with Crippen LogP contribution >= 0.6 is 23.4 Å². The van der Waals surface area contributed by atoms with Gasteiger partial charge in [-0.25, -0.2) is 0 Å². The van der Waals surface area contributed by atoms with Crippen molar-refractivity contribution < 1.29 is 0 Å². The predicted octanol–water partition coefficient (Wildman–Crippen LogP) is 3.39. The zero-order chi connectivity index (χ0) is 14.4. The first-order valence-electron chi connectivity index (χ1n) is 7.06. The number of rotatable bonds is 8. The smallest absolute Gasteiger partial charge is 0.0850 e. The van der Waals surface area contributed by atoms with E-state index in [-0.39, 0.29) is 0 Å². The Morgan fingerprint density at radius 2 is 2.05 bits per heavy atom. The number of halogens is 1. The molecular weight excluding hydrogens is 278 g/mol. The number of thioether (sulfide) groups is 1. The maximum Gasteiger partial charge on any atom is 0.0850 e. The number of aryl methyl sites for hydroxylation is 2. The SMILES string of the molecule is CCc1nn(CC)c(CC(CSC(C)C)NC)c1Cl. The lowest BCUT2D eigenvalue weighted by Crippen LogP contribution is -2.31. The van der Waals surface area contributed by atoms with Gasteiger partial charge in [0.15, 0.2) is 0 Å². The minimum atomic E-state index is 0.441. The Labute approximate surface area is 126 Å². The molecule has 1 aromatic heterocycles. The molecule has 0 aliphatic rings. The van der Waals surface area contributed by atoms with Crippen LogP contribution in [0.15, 0.2) is 0 Å². The molecule has 0 radical (unpaired) electrons. The van der Waals surface area contributed by atoms with Crippen LogP contribution in [0.25, 0.3) is 0 Å². The largest absolute Gasteiger partial charge is 0.316 e. The fourth-order valence-electron chi connectivity index (χ4n) is 2.00. The summed E-state index contributed by atoms with van der Waals surface area (Å²) >= 11 is 8.43. The van der Waals surface area contributed by atoms with Gasteiger partial charge in [0, 0.05) is 24.8 Å². The summed E-state index contributed by atoms with van der Waals surface area (Å²) in [7, 11) is 2.02. The molecule has 1 unspecified atom stereocenters. The van der Waals surface area contributed by atoms with E-state index < -0.39 is 0 Å². The normalized spacial score (nSPS) is 13.2. The molecule has 1 rings (SSSR count). The molecule has 1 heterocycles. The molecule has 0 bridgehead atoms. The summed E-state index contributed by atoms with van der Waals surface area (Å²) in [6, 6.07) is 0.441. The Balaban J connectivity index is 2.80. The molecule has 5 heteroatoms. The number of likely N-dealkylation sites (N-methyl/N-ethyl adjacent to an activating group) is 1. The molecule has 1 atom stereocenters. The first-order chi connectivity index (χ1) is 9.03. The van der Waals surface area contributed by atoms with Crippen molar-refractivity contribution in [2.45, 2.75) is 58.4 Å². The quantitative estimate of drug-likeness (QED) is 0.798. The van der Waals surface area contributed by atoms with E-state index in [4.69, 9.17) is 11.6 Å². The first-order valence-corrected chi connectivity index (χ1v) is 8.48. The molecule has 110 valence electrons. The third-order valence-electron chi connectivity index (χ3n) is 3.17.